The molecule has 0 aliphatic carbocycles. The molecule has 10 heteroatoms. The van der Waals surface area contributed by atoms with E-state index in [-0.39, 0.29) is 0 Å². The summed E-state index contributed by atoms with van der Waals surface area (Å²) in [5, 5.41) is 0. The van der Waals surface area contributed by atoms with Gasteiger partial charge >= 0.3 is 0 Å². The number of nitrogen functional groups attached to an aromatic ring is 1. The van der Waals surface area contributed by atoms with Gasteiger partial charge in [0.2, 0.25) is 16.0 Å². The number of likely N-dealkylation sites (N-methyl/N-ethyl adjacent to an activating group) is 1. The molecule has 0 saturated carbocycles. The van der Waals surface area contributed by atoms with E-state index in [2.05, 4.69) is 62.9 Å². The molecule has 1 aromatic heterocycles. The number of hydrogen-bond donors (Lipinski definition) is 1. The van der Waals surface area contributed by atoms with Crippen LogP contribution in [0.2, 0.25) is 0 Å². The Hall–Kier alpha value is -2.43. The van der Waals surface area contributed by atoms with Crippen molar-refractivity contribution in [1.29, 1.82) is 0 Å². The topological polar surface area (TPSA) is 98.9 Å². The fourth-order valence-corrected chi connectivity index (χ4v) is 6.50. The molecule has 0 radical (unpaired) electrons. The number of piperidine rings is 1. The second-order valence-corrected chi connectivity index (χ2v) is 12.4. The summed E-state index contributed by atoms with van der Waals surface area (Å²) in [5.41, 5.74) is 10.2. The van der Waals surface area contributed by atoms with Crippen LogP contribution < -0.4 is 15.5 Å². The van der Waals surface area contributed by atoms with Crippen LogP contribution >= 0.6 is 0 Å². The number of benzene rings is 1. The average Bonchev–Trinajstić information content (AvgIpc) is 2.83. The molecule has 3 aliphatic heterocycles. The van der Waals surface area contributed by atoms with Crippen molar-refractivity contribution in [2.24, 2.45) is 0 Å². The average molecular weight is 500 g/mol. The van der Waals surface area contributed by atoms with Gasteiger partial charge in [-0.2, -0.15) is 9.97 Å². The van der Waals surface area contributed by atoms with Crippen LogP contribution in [0.1, 0.15) is 42.4 Å². The number of anilines is 3. The number of hydrogen-bond acceptors (Lipinski definition) is 8. The Morgan fingerprint density at radius 1 is 0.943 bits per heavy atom. The molecule has 1 unspecified atom stereocenters. The van der Waals surface area contributed by atoms with Gasteiger partial charge in [0.05, 0.1) is 6.26 Å². The number of aromatic nitrogens is 2. The lowest BCUT2D eigenvalue weighted by Crippen LogP contribution is -2.45. The van der Waals surface area contributed by atoms with Crippen LogP contribution in [-0.2, 0) is 23.0 Å². The second kappa shape index (κ2) is 9.55. The van der Waals surface area contributed by atoms with Crippen molar-refractivity contribution in [3.8, 4) is 0 Å². The van der Waals surface area contributed by atoms with Crippen LogP contribution in [0, 0.1) is 0 Å². The van der Waals surface area contributed by atoms with Crippen molar-refractivity contribution in [2.75, 3.05) is 68.1 Å². The van der Waals surface area contributed by atoms with Gasteiger partial charge in [-0.25, -0.2) is 12.7 Å². The number of fused-ring (bicyclic) bond motifs is 1. The zero-order chi connectivity index (χ0) is 24.7. The Labute approximate surface area is 209 Å². The molecule has 2 fully saturated rings. The van der Waals surface area contributed by atoms with Gasteiger partial charge in [-0.05, 0) is 55.8 Å². The molecular weight excluding hydrogens is 462 g/mol. The molecule has 4 heterocycles. The van der Waals surface area contributed by atoms with E-state index in [0.717, 1.165) is 63.6 Å². The summed E-state index contributed by atoms with van der Waals surface area (Å²) < 4.78 is 25.4. The number of sulfonamides is 1. The summed E-state index contributed by atoms with van der Waals surface area (Å²) in [7, 11) is -0.963. The number of nitrogens with zero attached hydrogens (tertiary/aromatic N) is 6. The fourth-order valence-electron chi connectivity index (χ4n) is 5.63. The smallest absolute Gasteiger partial charge is 0.223 e. The van der Waals surface area contributed by atoms with Crippen LogP contribution in [0.25, 0.3) is 0 Å². The van der Waals surface area contributed by atoms with Crippen molar-refractivity contribution in [2.45, 2.75) is 44.7 Å². The first-order valence-electron chi connectivity index (χ1n) is 12.6. The van der Waals surface area contributed by atoms with E-state index in [1.807, 2.05) is 0 Å². The third-order valence-corrected chi connectivity index (χ3v) is 9.15. The fraction of sp³-hybridized carbons (Fsp3) is 0.600. The SMILES string of the molecule is CC1Cc2ccc(C3CCN(S(C)(=O)=O)CC3)cc2CN1c1cc(N2CCN(C)CC2)nc(N)n1. The molecule has 2 aromatic rings. The maximum Gasteiger partial charge on any atom is 0.223 e. The minimum Gasteiger partial charge on any atom is -0.368 e. The molecule has 1 atom stereocenters. The number of nitrogens with two attached hydrogens (primary N) is 1. The van der Waals surface area contributed by atoms with Crippen LogP contribution in [0.4, 0.5) is 17.6 Å². The quantitative estimate of drug-likeness (QED) is 0.681. The van der Waals surface area contributed by atoms with Gasteiger partial charge in [-0.15, -0.1) is 0 Å². The summed E-state index contributed by atoms with van der Waals surface area (Å²) in [5.74, 6) is 2.51. The number of rotatable bonds is 4. The maximum absolute atomic E-state index is 11.9. The van der Waals surface area contributed by atoms with Crippen molar-refractivity contribution >= 4 is 27.6 Å². The van der Waals surface area contributed by atoms with Gasteiger partial charge in [0, 0.05) is 57.9 Å². The molecule has 0 bridgehead atoms. The van der Waals surface area contributed by atoms with E-state index in [1.165, 1.54) is 22.9 Å². The molecule has 3 aliphatic rings. The molecule has 2 saturated heterocycles. The Morgan fingerprint density at radius 2 is 1.63 bits per heavy atom. The normalized spacial score (nSPS) is 22.9. The summed E-state index contributed by atoms with van der Waals surface area (Å²) in [4.78, 5) is 16.1. The lowest BCUT2D eigenvalue weighted by molar-refractivity contribution is 0.312. The molecule has 5 rings (SSSR count). The van der Waals surface area contributed by atoms with E-state index in [1.54, 1.807) is 4.31 Å². The summed E-state index contributed by atoms with van der Waals surface area (Å²) in [6.07, 6.45) is 3.98. The number of piperazine rings is 1. The first kappa shape index (κ1) is 24.3. The van der Waals surface area contributed by atoms with Gasteiger partial charge in [0.25, 0.3) is 0 Å². The molecular formula is C25H37N7O2S. The van der Waals surface area contributed by atoms with Crippen molar-refractivity contribution in [3.63, 3.8) is 0 Å². The largest absolute Gasteiger partial charge is 0.368 e. The van der Waals surface area contributed by atoms with Gasteiger partial charge in [-0.3, -0.25) is 0 Å². The Bertz CT molecular complexity index is 1170. The molecule has 1 aromatic carbocycles. The first-order chi connectivity index (χ1) is 16.7. The summed E-state index contributed by atoms with van der Waals surface area (Å²) in [6, 6.07) is 9.25. The zero-order valence-corrected chi connectivity index (χ0v) is 21.8. The maximum atomic E-state index is 11.9. The molecule has 0 spiro atoms. The standard InChI is InChI=1S/C25H37N7O2S/c1-18-14-20-4-5-21(19-6-8-31(9-7-19)35(3,33)34)15-22(20)17-32(18)24-16-23(27-25(26)28-24)30-12-10-29(2)11-13-30/h4-5,15-16,18-19H,6-14,17H2,1-3H3,(H2,26,27,28). The monoisotopic (exact) mass is 499 g/mol. The Kier molecular flexibility index (Phi) is 6.63. The highest BCUT2D eigenvalue weighted by Crippen LogP contribution is 2.34. The second-order valence-electron chi connectivity index (χ2n) is 10.4. The van der Waals surface area contributed by atoms with Gasteiger partial charge in [-0.1, -0.05) is 18.2 Å². The van der Waals surface area contributed by atoms with Crippen molar-refractivity contribution < 1.29 is 8.42 Å². The highest BCUT2D eigenvalue weighted by atomic mass is 32.2. The van der Waals surface area contributed by atoms with E-state index >= 15 is 0 Å². The van der Waals surface area contributed by atoms with Crippen LogP contribution in [0.3, 0.4) is 0 Å². The minimum atomic E-state index is -3.11. The third kappa shape index (κ3) is 5.24. The van der Waals surface area contributed by atoms with Crippen LogP contribution in [0.15, 0.2) is 24.3 Å². The van der Waals surface area contributed by atoms with E-state index in [9.17, 15) is 8.42 Å². The van der Waals surface area contributed by atoms with E-state index < -0.39 is 10.0 Å². The van der Waals surface area contributed by atoms with Gasteiger partial charge < -0.3 is 20.4 Å². The third-order valence-electron chi connectivity index (χ3n) is 7.85. The van der Waals surface area contributed by atoms with E-state index in [0.29, 0.717) is 31.0 Å². The van der Waals surface area contributed by atoms with Crippen LogP contribution in [0.5, 0.6) is 0 Å². The van der Waals surface area contributed by atoms with Crippen LogP contribution in [-0.4, -0.2) is 86.2 Å². The van der Waals surface area contributed by atoms with E-state index in [4.69, 9.17) is 5.73 Å². The molecule has 0 amide bonds. The highest BCUT2D eigenvalue weighted by molar-refractivity contribution is 7.88. The predicted octanol–water partition coefficient (Wildman–Crippen LogP) is 1.90. The van der Waals surface area contributed by atoms with Crippen molar-refractivity contribution in [3.05, 3.63) is 41.0 Å². The van der Waals surface area contributed by atoms with Gasteiger partial charge in [0.1, 0.15) is 11.6 Å². The molecule has 2 N–H and O–H groups in total. The van der Waals surface area contributed by atoms with Crippen molar-refractivity contribution in [1.82, 2.24) is 19.2 Å². The molecule has 35 heavy (non-hydrogen) atoms. The predicted molar refractivity (Wildman–Crippen MR) is 140 cm³/mol. The zero-order valence-electron chi connectivity index (χ0n) is 21.0. The first-order valence-corrected chi connectivity index (χ1v) is 14.4. The summed E-state index contributed by atoms with van der Waals surface area (Å²) >= 11 is 0. The lowest BCUT2D eigenvalue weighted by atomic mass is 9.86. The minimum absolute atomic E-state index is 0.306. The Morgan fingerprint density at radius 3 is 2.31 bits per heavy atom. The molecule has 9 nitrogen and oxygen atoms in total. The van der Waals surface area contributed by atoms with Gasteiger partial charge in [0.15, 0.2) is 0 Å². The Balaban J connectivity index is 1.35. The summed E-state index contributed by atoms with van der Waals surface area (Å²) in [6.45, 7) is 8.12. The highest BCUT2D eigenvalue weighted by Gasteiger charge is 2.29. The lowest BCUT2D eigenvalue weighted by Gasteiger charge is -2.38. The molecule has 190 valence electrons.